The molecule has 6 heteroatoms. The molecule has 6 nitrogen and oxygen atoms in total. The van der Waals surface area contributed by atoms with Crippen LogP contribution < -0.4 is 5.32 Å². The lowest BCUT2D eigenvalue weighted by atomic mass is 10.2. The number of nitrogens with zero attached hydrogens (tertiary/aromatic N) is 2. The molecule has 0 saturated carbocycles. The van der Waals surface area contributed by atoms with Gasteiger partial charge in [-0.05, 0) is 6.42 Å². The fourth-order valence-electron chi connectivity index (χ4n) is 1.77. The van der Waals surface area contributed by atoms with E-state index in [2.05, 4.69) is 15.5 Å². The molecule has 0 bridgehead atoms. The van der Waals surface area contributed by atoms with E-state index in [1.54, 1.807) is 14.2 Å². The van der Waals surface area contributed by atoms with Gasteiger partial charge in [-0.3, -0.25) is 0 Å². The van der Waals surface area contributed by atoms with Crippen LogP contribution in [0.3, 0.4) is 0 Å². The van der Waals surface area contributed by atoms with Gasteiger partial charge in [0.2, 0.25) is 5.89 Å². The molecule has 1 fully saturated rings. The number of nitrogens with one attached hydrogen (secondary N) is 1. The Kier molecular flexibility index (Phi) is 3.87. The molecular weight excluding hydrogens is 210 g/mol. The number of ether oxygens (including phenoxy) is 2. The predicted molar refractivity (Wildman–Crippen MR) is 56.0 cm³/mol. The summed E-state index contributed by atoms with van der Waals surface area (Å²) in [5, 5.41) is 7.19. The highest BCUT2D eigenvalue weighted by Crippen LogP contribution is 2.23. The molecule has 0 aliphatic carbocycles. The Bertz CT molecular complexity index is 329. The number of rotatable bonds is 5. The van der Waals surface area contributed by atoms with E-state index >= 15 is 0 Å². The molecule has 2 unspecified atom stereocenters. The first kappa shape index (κ1) is 11.5. The van der Waals surface area contributed by atoms with Crippen LogP contribution in [0.25, 0.3) is 0 Å². The lowest BCUT2D eigenvalue weighted by Crippen LogP contribution is -2.16. The largest absolute Gasteiger partial charge is 0.384 e. The maximum Gasteiger partial charge on any atom is 0.243 e. The summed E-state index contributed by atoms with van der Waals surface area (Å²) in [7, 11) is 3.37. The Morgan fingerprint density at radius 1 is 1.50 bits per heavy atom. The van der Waals surface area contributed by atoms with Crippen LogP contribution in [0.5, 0.6) is 0 Å². The van der Waals surface area contributed by atoms with Crippen LogP contribution in [0.15, 0.2) is 4.52 Å². The van der Waals surface area contributed by atoms with Crippen molar-refractivity contribution in [2.45, 2.75) is 25.0 Å². The summed E-state index contributed by atoms with van der Waals surface area (Å²) >= 11 is 0. The monoisotopic (exact) mass is 227 g/mol. The van der Waals surface area contributed by atoms with E-state index in [0.717, 1.165) is 13.0 Å². The van der Waals surface area contributed by atoms with Gasteiger partial charge in [0, 0.05) is 27.2 Å². The number of hydrogen-bond acceptors (Lipinski definition) is 6. The third-order valence-corrected chi connectivity index (χ3v) is 2.74. The molecule has 1 aliphatic heterocycles. The number of hydrogen-bond donors (Lipinski definition) is 1. The smallest absolute Gasteiger partial charge is 0.243 e. The van der Waals surface area contributed by atoms with Crippen molar-refractivity contribution in [2.75, 3.05) is 27.4 Å². The molecule has 1 aromatic heterocycles. The van der Waals surface area contributed by atoms with Gasteiger partial charge in [0.15, 0.2) is 5.82 Å². The summed E-state index contributed by atoms with van der Waals surface area (Å²) in [5.74, 6) is 1.34. The highest BCUT2D eigenvalue weighted by molar-refractivity contribution is 4.97. The zero-order valence-corrected chi connectivity index (χ0v) is 9.60. The summed E-state index contributed by atoms with van der Waals surface area (Å²) in [6.07, 6.45) is 1.79. The standard InChI is InChI=1S/C10H17N3O3/c1-14-4-3-9-12-10(16-13-9)8-5-7(15-2)6-11-8/h7-8,11H,3-6H2,1-2H3. The van der Waals surface area contributed by atoms with E-state index < -0.39 is 0 Å². The van der Waals surface area contributed by atoms with E-state index in [-0.39, 0.29) is 12.1 Å². The van der Waals surface area contributed by atoms with Crippen molar-refractivity contribution >= 4 is 0 Å². The van der Waals surface area contributed by atoms with Crippen LogP contribution in [0, 0.1) is 0 Å². The Morgan fingerprint density at radius 3 is 3.06 bits per heavy atom. The molecule has 0 amide bonds. The third kappa shape index (κ3) is 2.58. The maximum atomic E-state index is 5.26. The molecule has 2 atom stereocenters. The third-order valence-electron chi connectivity index (χ3n) is 2.74. The van der Waals surface area contributed by atoms with Crippen LogP contribution in [-0.4, -0.2) is 43.6 Å². The highest BCUT2D eigenvalue weighted by atomic mass is 16.5. The minimum absolute atomic E-state index is 0.119. The Hall–Kier alpha value is -0.980. The topological polar surface area (TPSA) is 69.4 Å². The minimum Gasteiger partial charge on any atom is -0.384 e. The van der Waals surface area contributed by atoms with Crippen LogP contribution in [0.4, 0.5) is 0 Å². The SMILES string of the molecule is COCCc1noc(C2CC(OC)CN2)n1. The average Bonchev–Trinajstić information content (AvgIpc) is 2.94. The first-order valence-corrected chi connectivity index (χ1v) is 5.41. The quantitative estimate of drug-likeness (QED) is 0.780. The number of aromatic nitrogens is 2. The van der Waals surface area contributed by atoms with Crippen molar-refractivity contribution in [3.63, 3.8) is 0 Å². The second kappa shape index (κ2) is 5.38. The van der Waals surface area contributed by atoms with Gasteiger partial charge in [-0.2, -0.15) is 4.98 Å². The molecule has 1 aliphatic rings. The van der Waals surface area contributed by atoms with Crippen molar-refractivity contribution in [2.24, 2.45) is 0 Å². The summed E-state index contributed by atoms with van der Waals surface area (Å²) in [5.41, 5.74) is 0. The molecule has 16 heavy (non-hydrogen) atoms. The lowest BCUT2D eigenvalue weighted by Gasteiger charge is -2.04. The molecule has 0 radical (unpaired) electrons. The first-order chi connectivity index (χ1) is 7.83. The fraction of sp³-hybridized carbons (Fsp3) is 0.800. The van der Waals surface area contributed by atoms with E-state index in [1.807, 2.05) is 0 Å². The van der Waals surface area contributed by atoms with Crippen molar-refractivity contribution in [1.82, 2.24) is 15.5 Å². The molecule has 1 N–H and O–H groups in total. The Labute approximate surface area is 94.3 Å². The van der Waals surface area contributed by atoms with Gasteiger partial charge in [0.1, 0.15) is 0 Å². The van der Waals surface area contributed by atoms with E-state index in [4.69, 9.17) is 14.0 Å². The zero-order valence-electron chi connectivity index (χ0n) is 9.60. The van der Waals surface area contributed by atoms with Crippen LogP contribution in [0.2, 0.25) is 0 Å². The second-order valence-electron chi connectivity index (χ2n) is 3.85. The second-order valence-corrected chi connectivity index (χ2v) is 3.85. The minimum atomic E-state index is 0.119. The van der Waals surface area contributed by atoms with Gasteiger partial charge in [-0.15, -0.1) is 0 Å². The van der Waals surface area contributed by atoms with Gasteiger partial charge in [0.05, 0.1) is 18.8 Å². The van der Waals surface area contributed by atoms with Gasteiger partial charge in [-0.1, -0.05) is 5.16 Å². The molecule has 0 spiro atoms. The lowest BCUT2D eigenvalue weighted by molar-refractivity contribution is 0.116. The Balaban J connectivity index is 1.92. The maximum absolute atomic E-state index is 5.26. The van der Waals surface area contributed by atoms with Crippen LogP contribution in [-0.2, 0) is 15.9 Å². The summed E-state index contributed by atoms with van der Waals surface area (Å²) in [4.78, 5) is 4.32. The first-order valence-electron chi connectivity index (χ1n) is 5.41. The van der Waals surface area contributed by atoms with Gasteiger partial charge >= 0.3 is 0 Å². The molecule has 90 valence electrons. The molecule has 2 rings (SSSR count). The van der Waals surface area contributed by atoms with Gasteiger partial charge < -0.3 is 19.3 Å². The molecule has 1 saturated heterocycles. The highest BCUT2D eigenvalue weighted by Gasteiger charge is 2.29. The fourth-order valence-corrected chi connectivity index (χ4v) is 1.77. The van der Waals surface area contributed by atoms with Crippen molar-refractivity contribution in [1.29, 1.82) is 0 Å². The summed E-state index contributed by atoms with van der Waals surface area (Å²) in [6.45, 7) is 1.44. The molecule has 1 aromatic rings. The van der Waals surface area contributed by atoms with Crippen molar-refractivity contribution in [3.8, 4) is 0 Å². The molecule has 0 aromatic carbocycles. The van der Waals surface area contributed by atoms with Crippen molar-refractivity contribution in [3.05, 3.63) is 11.7 Å². The zero-order chi connectivity index (χ0) is 11.4. The predicted octanol–water partition coefficient (Wildman–Crippen LogP) is 0.308. The van der Waals surface area contributed by atoms with Crippen molar-refractivity contribution < 1.29 is 14.0 Å². The Morgan fingerprint density at radius 2 is 2.38 bits per heavy atom. The van der Waals surface area contributed by atoms with Crippen LogP contribution >= 0.6 is 0 Å². The van der Waals surface area contributed by atoms with Crippen LogP contribution in [0.1, 0.15) is 24.2 Å². The van der Waals surface area contributed by atoms with Gasteiger partial charge in [0.25, 0.3) is 0 Å². The molecule has 2 heterocycles. The van der Waals surface area contributed by atoms with E-state index in [0.29, 0.717) is 24.7 Å². The summed E-state index contributed by atoms with van der Waals surface area (Å²) < 4.78 is 15.4. The van der Waals surface area contributed by atoms with Gasteiger partial charge in [-0.25, -0.2) is 0 Å². The summed E-state index contributed by atoms with van der Waals surface area (Å²) in [6, 6.07) is 0.119. The normalized spacial score (nSPS) is 25.1. The average molecular weight is 227 g/mol. The number of methoxy groups -OCH3 is 2. The van der Waals surface area contributed by atoms with E-state index in [9.17, 15) is 0 Å². The van der Waals surface area contributed by atoms with E-state index in [1.165, 1.54) is 0 Å². The molecular formula is C10H17N3O3.